The lowest BCUT2D eigenvalue weighted by Gasteiger charge is -2.28. The summed E-state index contributed by atoms with van der Waals surface area (Å²) in [6, 6.07) is 5.23. The number of nitrogens with one attached hydrogen (secondary N) is 3. The predicted molar refractivity (Wildman–Crippen MR) is 160 cm³/mol. The molecule has 1 aromatic heterocycles. The molecule has 0 spiro atoms. The van der Waals surface area contributed by atoms with Crippen molar-refractivity contribution in [2.75, 3.05) is 0 Å². The number of carbonyl (C=O) groups is 2. The zero-order valence-corrected chi connectivity index (χ0v) is 26.9. The van der Waals surface area contributed by atoms with E-state index in [-0.39, 0.29) is 35.6 Å². The molecule has 0 bridgehead atoms. The average molecular weight is 609 g/mol. The van der Waals surface area contributed by atoms with E-state index in [1.54, 1.807) is 65.9 Å². The normalized spacial score (nSPS) is 18.2. The summed E-state index contributed by atoms with van der Waals surface area (Å²) in [5.74, 6) is 0.234. The van der Waals surface area contributed by atoms with Gasteiger partial charge in [0.05, 0.1) is 20.9 Å². The van der Waals surface area contributed by atoms with Crippen LogP contribution in [0.5, 0.6) is 0 Å². The highest BCUT2D eigenvalue weighted by atomic mass is 32.2. The number of nitrogens with zero attached hydrogens (tertiary/aromatic N) is 1. The number of thiazole rings is 1. The van der Waals surface area contributed by atoms with Crippen molar-refractivity contribution in [1.82, 2.24) is 20.3 Å². The third-order valence-corrected chi connectivity index (χ3v) is 9.13. The van der Waals surface area contributed by atoms with E-state index in [4.69, 9.17) is 9.47 Å². The van der Waals surface area contributed by atoms with Gasteiger partial charge >= 0.3 is 12.2 Å². The summed E-state index contributed by atoms with van der Waals surface area (Å²) < 4.78 is 40.3. The molecule has 1 aromatic carbocycles. The van der Waals surface area contributed by atoms with Crippen LogP contribution in [0.3, 0.4) is 0 Å². The number of benzene rings is 1. The van der Waals surface area contributed by atoms with Crippen molar-refractivity contribution in [1.29, 1.82) is 0 Å². The highest BCUT2D eigenvalue weighted by Crippen LogP contribution is 2.39. The standard InChI is InChI=1S/C29H44N4O6S2/c1-18(2)38-27(35)32-21-12-10-20(11-13-21)25-30-17-23(40-25)22-14-9-19(16-31-26(34)39-29(6,7)8)15-24(22)41(36,37)33-28(3,4)5/h9,14-15,17-18,20-21,33H,10-13,16H2,1-8H3,(H,31,34)(H,32,35)/t20-,21-. The topological polar surface area (TPSA) is 136 Å². The number of amides is 2. The molecule has 2 aromatic rings. The zero-order valence-electron chi connectivity index (χ0n) is 25.3. The van der Waals surface area contributed by atoms with Crippen molar-refractivity contribution in [2.45, 2.75) is 122 Å². The van der Waals surface area contributed by atoms with Crippen molar-refractivity contribution < 1.29 is 27.5 Å². The van der Waals surface area contributed by atoms with Gasteiger partial charge in [-0.1, -0.05) is 12.1 Å². The first-order chi connectivity index (χ1) is 18.9. The molecule has 10 nitrogen and oxygen atoms in total. The Morgan fingerprint density at radius 1 is 1.05 bits per heavy atom. The summed E-state index contributed by atoms with van der Waals surface area (Å²) in [6.45, 7) is 14.5. The Kier molecular flexibility index (Phi) is 10.5. The fourth-order valence-corrected chi connectivity index (χ4v) is 7.43. The van der Waals surface area contributed by atoms with Crippen molar-refractivity contribution in [3.05, 3.63) is 35.0 Å². The fourth-order valence-electron chi connectivity index (χ4n) is 4.55. The predicted octanol–water partition coefficient (Wildman–Crippen LogP) is 6.07. The number of carbonyl (C=O) groups excluding carboxylic acids is 2. The number of aromatic nitrogens is 1. The largest absolute Gasteiger partial charge is 0.447 e. The molecule has 1 aliphatic carbocycles. The van der Waals surface area contributed by atoms with E-state index in [0.29, 0.717) is 11.1 Å². The molecule has 3 rings (SSSR count). The second-order valence-electron chi connectivity index (χ2n) is 12.8. The van der Waals surface area contributed by atoms with Crippen LogP contribution in [0.25, 0.3) is 10.4 Å². The van der Waals surface area contributed by atoms with Crippen molar-refractivity contribution in [3.63, 3.8) is 0 Å². The van der Waals surface area contributed by atoms with Crippen LogP contribution in [0.2, 0.25) is 0 Å². The Bertz CT molecular complexity index is 1320. The molecular formula is C29H44N4O6S2. The Labute approximate surface area is 248 Å². The molecular weight excluding hydrogens is 564 g/mol. The van der Waals surface area contributed by atoms with E-state index in [0.717, 1.165) is 35.6 Å². The summed E-state index contributed by atoms with van der Waals surface area (Å²) in [7, 11) is -3.90. The summed E-state index contributed by atoms with van der Waals surface area (Å²) in [6.07, 6.45) is 3.98. The lowest BCUT2D eigenvalue weighted by Crippen LogP contribution is -2.40. The second kappa shape index (κ2) is 13.1. The Hall–Kier alpha value is -2.70. The number of rotatable bonds is 8. The van der Waals surface area contributed by atoms with Crippen LogP contribution in [0.4, 0.5) is 9.59 Å². The van der Waals surface area contributed by atoms with Crippen LogP contribution in [0.1, 0.15) is 97.6 Å². The molecule has 1 fully saturated rings. The van der Waals surface area contributed by atoms with Gasteiger partial charge < -0.3 is 20.1 Å². The second-order valence-corrected chi connectivity index (χ2v) is 15.5. The number of alkyl carbamates (subject to hydrolysis) is 2. The van der Waals surface area contributed by atoms with Crippen LogP contribution in [-0.2, 0) is 26.0 Å². The first kappa shape index (κ1) is 32.8. The smallest absolute Gasteiger partial charge is 0.407 e. The molecule has 228 valence electrons. The Morgan fingerprint density at radius 2 is 1.71 bits per heavy atom. The lowest BCUT2D eigenvalue weighted by atomic mass is 9.86. The van der Waals surface area contributed by atoms with Crippen molar-refractivity contribution in [3.8, 4) is 10.4 Å². The Balaban J connectivity index is 1.80. The molecule has 2 amide bonds. The molecule has 0 unspecified atom stereocenters. The van der Waals surface area contributed by atoms with Gasteiger partial charge in [0, 0.05) is 35.8 Å². The third kappa shape index (κ3) is 10.3. The molecule has 12 heteroatoms. The highest BCUT2D eigenvalue weighted by molar-refractivity contribution is 7.89. The lowest BCUT2D eigenvalue weighted by molar-refractivity contribution is 0.0523. The van der Waals surface area contributed by atoms with Gasteiger partial charge in [-0.3, -0.25) is 0 Å². The van der Waals surface area contributed by atoms with Crippen LogP contribution >= 0.6 is 11.3 Å². The molecule has 0 atom stereocenters. The van der Waals surface area contributed by atoms with E-state index in [1.807, 2.05) is 13.8 Å². The van der Waals surface area contributed by atoms with Gasteiger partial charge in [0.15, 0.2) is 0 Å². The van der Waals surface area contributed by atoms with E-state index < -0.39 is 27.3 Å². The zero-order chi connectivity index (χ0) is 30.6. The first-order valence-electron chi connectivity index (χ1n) is 14.0. The monoisotopic (exact) mass is 608 g/mol. The maximum atomic E-state index is 13.5. The van der Waals surface area contributed by atoms with Gasteiger partial charge in [0.1, 0.15) is 5.60 Å². The van der Waals surface area contributed by atoms with E-state index in [9.17, 15) is 18.0 Å². The number of hydrogen-bond donors (Lipinski definition) is 3. The summed E-state index contributed by atoms with van der Waals surface area (Å²) in [4.78, 5) is 29.7. The molecule has 1 saturated carbocycles. The van der Waals surface area contributed by atoms with Gasteiger partial charge in [-0.2, -0.15) is 0 Å². The molecule has 1 aliphatic rings. The van der Waals surface area contributed by atoms with Crippen LogP contribution in [0, 0.1) is 0 Å². The molecule has 41 heavy (non-hydrogen) atoms. The minimum Gasteiger partial charge on any atom is -0.447 e. The van der Waals surface area contributed by atoms with E-state index in [2.05, 4.69) is 20.3 Å². The highest BCUT2D eigenvalue weighted by Gasteiger charge is 2.29. The quantitative estimate of drug-likeness (QED) is 0.331. The summed E-state index contributed by atoms with van der Waals surface area (Å²) in [5.41, 5.74) is -0.148. The maximum Gasteiger partial charge on any atom is 0.407 e. The van der Waals surface area contributed by atoms with Crippen LogP contribution < -0.4 is 15.4 Å². The van der Waals surface area contributed by atoms with Crippen LogP contribution in [-0.4, -0.2) is 48.9 Å². The number of ether oxygens (including phenoxy) is 2. The van der Waals surface area contributed by atoms with E-state index >= 15 is 0 Å². The van der Waals surface area contributed by atoms with Crippen molar-refractivity contribution >= 4 is 33.5 Å². The van der Waals surface area contributed by atoms with Gasteiger partial charge in [-0.15, -0.1) is 11.3 Å². The molecule has 0 radical (unpaired) electrons. The summed E-state index contributed by atoms with van der Waals surface area (Å²) in [5, 5.41) is 6.59. The first-order valence-corrected chi connectivity index (χ1v) is 16.3. The molecule has 0 saturated heterocycles. The van der Waals surface area contributed by atoms with Crippen molar-refractivity contribution in [2.24, 2.45) is 0 Å². The Morgan fingerprint density at radius 3 is 2.29 bits per heavy atom. The molecule has 1 heterocycles. The third-order valence-electron chi connectivity index (χ3n) is 6.14. The van der Waals surface area contributed by atoms with Gasteiger partial charge in [-0.25, -0.2) is 27.7 Å². The van der Waals surface area contributed by atoms with Gasteiger partial charge in [0.25, 0.3) is 0 Å². The SMILES string of the molecule is CC(C)OC(=O)N[C@H]1CC[C@H](c2ncc(-c3ccc(CNC(=O)OC(C)(C)C)cc3S(=O)(=O)NC(C)(C)C)s2)CC1. The van der Waals surface area contributed by atoms with E-state index in [1.165, 1.54) is 11.3 Å². The number of sulfonamides is 1. The molecule has 3 N–H and O–H groups in total. The van der Waals surface area contributed by atoms with Gasteiger partial charge in [-0.05, 0) is 92.7 Å². The minimum atomic E-state index is -3.90. The maximum absolute atomic E-state index is 13.5. The van der Waals surface area contributed by atoms with Gasteiger partial charge in [0.2, 0.25) is 10.0 Å². The molecule has 0 aliphatic heterocycles. The fraction of sp³-hybridized carbons (Fsp3) is 0.621. The average Bonchev–Trinajstić information content (AvgIpc) is 3.30. The number of hydrogen-bond acceptors (Lipinski definition) is 8. The summed E-state index contributed by atoms with van der Waals surface area (Å²) >= 11 is 1.49. The van der Waals surface area contributed by atoms with Crippen LogP contribution in [0.15, 0.2) is 29.3 Å². The minimum absolute atomic E-state index is 0.0685.